The van der Waals surface area contributed by atoms with E-state index in [1.54, 1.807) is 31.5 Å². The third-order valence-corrected chi connectivity index (χ3v) is 8.30. The normalized spacial score (nSPS) is 14.6. The predicted octanol–water partition coefficient (Wildman–Crippen LogP) is 5.37. The molecule has 1 aliphatic rings. The van der Waals surface area contributed by atoms with Gasteiger partial charge in [-0.05, 0) is 66.9 Å². The minimum absolute atomic E-state index is 0.0602. The Morgan fingerprint density at radius 1 is 0.973 bits per heavy atom. The average molecular weight is 539 g/mol. The molecule has 0 aliphatic carbocycles. The summed E-state index contributed by atoms with van der Waals surface area (Å²) >= 11 is 6.29. The van der Waals surface area contributed by atoms with Crippen LogP contribution in [0.4, 0.5) is 11.4 Å². The second-order valence-electron chi connectivity index (χ2n) is 8.83. The van der Waals surface area contributed by atoms with Crippen LogP contribution in [-0.2, 0) is 14.8 Å². The van der Waals surface area contributed by atoms with Crippen LogP contribution in [0, 0.1) is 0 Å². The fraction of sp³-hybridized carbons (Fsp3) is 0.259. The molecule has 0 atom stereocenters. The summed E-state index contributed by atoms with van der Waals surface area (Å²) in [4.78, 5) is 11.2. The van der Waals surface area contributed by atoms with Gasteiger partial charge < -0.3 is 14.4 Å². The second-order valence-corrected chi connectivity index (χ2v) is 10.9. The molecule has 8 nitrogen and oxygen atoms in total. The van der Waals surface area contributed by atoms with Crippen LogP contribution in [0.3, 0.4) is 0 Å². The maximum absolute atomic E-state index is 13.0. The number of nitrogens with one attached hydrogen (secondary N) is 1. The van der Waals surface area contributed by atoms with Gasteiger partial charge in [0.15, 0.2) is 5.15 Å². The van der Waals surface area contributed by atoms with E-state index in [9.17, 15) is 8.42 Å². The number of halogens is 1. The highest BCUT2D eigenvalue weighted by Crippen LogP contribution is 2.34. The van der Waals surface area contributed by atoms with Crippen molar-refractivity contribution < 1.29 is 17.9 Å². The maximum Gasteiger partial charge on any atom is 0.261 e. The Morgan fingerprint density at radius 2 is 1.73 bits per heavy atom. The van der Waals surface area contributed by atoms with Gasteiger partial charge in [0.05, 0.1) is 29.3 Å². The van der Waals surface area contributed by atoms with E-state index in [1.165, 1.54) is 19.2 Å². The van der Waals surface area contributed by atoms with Gasteiger partial charge in [0.25, 0.3) is 10.0 Å². The molecule has 2 aromatic heterocycles. The van der Waals surface area contributed by atoms with Crippen molar-refractivity contribution in [2.45, 2.75) is 23.8 Å². The lowest BCUT2D eigenvalue weighted by Gasteiger charge is -2.33. The maximum atomic E-state index is 13.0. The lowest BCUT2D eigenvalue weighted by atomic mass is 10.0. The first-order valence-corrected chi connectivity index (χ1v) is 13.7. The van der Waals surface area contributed by atoms with Crippen LogP contribution >= 0.6 is 11.6 Å². The van der Waals surface area contributed by atoms with Gasteiger partial charge >= 0.3 is 0 Å². The smallest absolute Gasteiger partial charge is 0.261 e. The standard InChI is InChI=1S/C27H27ClN4O4S/c1-35-20-4-6-22(7-5-20)37(33,34)31-25-16-19(17-30-27(25)28)18-3-8-24-23(15-18)26(9-12-29-24)32-13-10-21(36-2)11-14-32/h3-9,12,15-17,21,31H,10-11,13-14H2,1-2H3. The molecule has 37 heavy (non-hydrogen) atoms. The van der Waals surface area contributed by atoms with Gasteiger partial charge in [-0.2, -0.15) is 0 Å². The topological polar surface area (TPSA) is 93.7 Å². The molecule has 2 aromatic carbocycles. The number of rotatable bonds is 7. The Hall–Kier alpha value is -3.40. The summed E-state index contributed by atoms with van der Waals surface area (Å²) in [6.07, 6.45) is 5.70. The van der Waals surface area contributed by atoms with Crippen molar-refractivity contribution >= 4 is 43.9 Å². The molecule has 10 heteroatoms. The molecule has 0 unspecified atom stereocenters. The second kappa shape index (κ2) is 10.5. The van der Waals surface area contributed by atoms with E-state index in [4.69, 9.17) is 21.1 Å². The van der Waals surface area contributed by atoms with Crippen LogP contribution in [0.5, 0.6) is 5.75 Å². The van der Waals surface area contributed by atoms with Gasteiger partial charge in [0.1, 0.15) is 5.75 Å². The van der Waals surface area contributed by atoms with E-state index in [0.717, 1.165) is 53.6 Å². The first kappa shape index (κ1) is 25.3. The van der Waals surface area contributed by atoms with Gasteiger partial charge in [-0.3, -0.25) is 9.71 Å². The highest BCUT2D eigenvalue weighted by atomic mass is 35.5. The molecule has 0 radical (unpaired) electrons. The number of hydrogen-bond donors (Lipinski definition) is 1. The number of hydrogen-bond acceptors (Lipinski definition) is 7. The third kappa shape index (κ3) is 5.34. The molecule has 1 N–H and O–H groups in total. The molecule has 4 aromatic rings. The molecular weight excluding hydrogens is 512 g/mol. The largest absolute Gasteiger partial charge is 0.497 e. The lowest BCUT2D eigenvalue weighted by molar-refractivity contribution is 0.0819. The Bertz CT molecular complexity index is 1520. The Balaban J connectivity index is 1.46. The molecule has 1 fully saturated rings. The highest BCUT2D eigenvalue weighted by molar-refractivity contribution is 7.92. The van der Waals surface area contributed by atoms with Crippen LogP contribution in [-0.4, -0.2) is 51.8 Å². The SMILES string of the molecule is COc1ccc(S(=O)(=O)Nc2cc(-c3ccc4nccc(N5CCC(OC)CC5)c4c3)cnc2Cl)cc1. The van der Waals surface area contributed by atoms with Gasteiger partial charge in [-0.15, -0.1) is 0 Å². The highest BCUT2D eigenvalue weighted by Gasteiger charge is 2.21. The van der Waals surface area contributed by atoms with Crippen LogP contribution in [0.2, 0.25) is 5.15 Å². The van der Waals surface area contributed by atoms with Crippen molar-refractivity contribution in [2.24, 2.45) is 0 Å². The summed E-state index contributed by atoms with van der Waals surface area (Å²) in [6.45, 7) is 1.81. The summed E-state index contributed by atoms with van der Waals surface area (Å²) < 4.78 is 39.2. The third-order valence-electron chi connectivity index (χ3n) is 6.62. The fourth-order valence-electron chi connectivity index (χ4n) is 4.56. The van der Waals surface area contributed by atoms with Crippen molar-refractivity contribution in [3.63, 3.8) is 0 Å². The summed E-state index contributed by atoms with van der Waals surface area (Å²) in [6, 6.07) is 15.8. The van der Waals surface area contributed by atoms with Crippen molar-refractivity contribution in [3.05, 3.63) is 72.1 Å². The summed E-state index contributed by atoms with van der Waals surface area (Å²) in [5.41, 5.74) is 3.80. The number of sulfonamides is 1. The summed E-state index contributed by atoms with van der Waals surface area (Å²) in [5, 5.41) is 1.08. The molecule has 0 amide bonds. The molecule has 0 spiro atoms. The average Bonchev–Trinajstić information content (AvgIpc) is 2.93. The zero-order valence-corrected chi connectivity index (χ0v) is 22.1. The number of nitrogens with zero attached hydrogens (tertiary/aromatic N) is 3. The van der Waals surface area contributed by atoms with Crippen LogP contribution in [0.25, 0.3) is 22.0 Å². The van der Waals surface area contributed by atoms with E-state index in [-0.39, 0.29) is 15.7 Å². The van der Waals surface area contributed by atoms with E-state index >= 15 is 0 Å². The number of methoxy groups -OCH3 is 2. The number of piperidine rings is 1. The minimum Gasteiger partial charge on any atom is -0.497 e. The Kier molecular flexibility index (Phi) is 7.19. The van der Waals surface area contributed by atoms with E-state index in [1.807, 2.05) is 24.4 Å². The molecular formula is C27H27ClN4O4S. The number of fused-ring (bicyclic) bond motifs is 1. The Labute approximate surface area is 221 Å². The summed E-state index contributed by atoms with van der Waals surface area (Å²) in [7, 11) is -0.594. The number of pyridine rings is 2. The van der Waals surface area contributed by atoms with Crippen LogP contribution in [0.1, 0.15) is 12.8 Å². The zero-order chi connectivity index (χ0) is 26.0. The van der Waals surface area contributed by atoms with Gasteiger partial charge in [-0.1, -0.05) is 17.7 Å². The predicted molar refractivity (Wildman–Crippen MR) is 146 cm³/mol. The first-order chi connectivity index (χ1) is 17.9. The molecule has 0 saturated carbocycles. The van der Waals surface area contributed by atoms with Gasteiger partial charge in [-0.25, -0.2) is 13.4 Å². The number of anilines is 2. The first-order valence-electron chi connectivity index (χ1n) is 11.9. The summed E-state index contributed by atoms with van der Waals surface area (Å²) in [5.74, 6) is 0.564. The Morgan fingerprint density at radius 3 is 2.43 bits per heavy atom. The minimum atomic E-state index is -3.88. The monoisotopic (exact) mass is 538 g/mol. The van der Waals surface area contributed by atoms with Crippen molar-refractivity contribution in [1.29, 1.82) is 0 Å². The molecule has 3 heterocycles. The molecule has 192 valence electrons. The van der Waals surface area contributed by atoms with Crippen molar-refractivity contribution in [3.8, 4) is 16.9 Å². The van der Waals surface area contributed by atoms with E-state index in [0.29, 0.717) is 11.9 Å². The quantitative estimate of drug-likeness (QED) is 0.316. The van der Waals surface area contributed by atoms with Crippen molar-refractivity contribution in [2.75, 3.05) is 36.9 Å². The molecule has 0 bridgehead atoms. The molecule has 1 aliphatic heterocycles. The lowest BCUT2D eigenvalue weighted by Crippen LogP contribution is -2.36. The van der Waals surface area contributed by atoms with E-state index in [2.05, 4.69) is 25.7 Å². The van der Waals surface area contributed by atoms with E-state index < -0.39 is 10.0 Å². The number of benzene rings is 2. The van der Waals surface area contributed by atoms with Crippen LogP contribution in [0.15, 0.2) is 71.9 Å². The van der Waals surface area contributed by atoms with Gasteiger partial charge in [0, 0.05) is 49.2 Å². The molecule has 5 rings (SSSR count). The fourth-order valence-corrected chi connectivity index (χ4v) is 5.82. The number of aromatic nitrogens is 2. The van der Waals surface area contributed by atoms with Crippen molar-refractivity contribution in [1.82, 2.24) is 9.97 Å². The molecule has 1 saturated heterocycles. The van der Waals surface area contributed by atoms with Crippen LogP contribution < -0.4 is 14.4 Å². The zero-order valence-electron chi connectivity index (χ0n) is 20.5. The van der Waals surface area contributed by atoms with Gasteiger partial charge in [0.2, 0.25) is 0 Å². The number of ether oxygens (including phenoxy) is 2.